The average Bonchev–Trinajstić information content (AvgIpc) is 3.08. The fraction of sp³-hybridized carbons (Fsp3) is 0.143. The van der Waals surface area contributed by atoms with Gasteiger partial charge in [0.05, 0.1) is 28.9 Å². The Bertz CT molecular complexity index is 1230. The van der Waals surface area contributed by atoms with Gasteiger partial charge in [0.15, 0.2) is 10.8 Å². The maximum absolute atomic E-state index is 11.9. The number of phenols is 1. The van der Waals surface area contributed by atoms with Gasteiger partial charge in [-0.3, -0.25) is 0 Å². The third kappa shape index (κ3) is 4.50. The molecule has 148 valence electrons. The number of imidazole rings is 1. The number of hydrogen-bond donors (Lipinski definition) is 2. The summed E-state index contributed by atoms with van der Waals surface area (Å²) in [7, 11) is -2.14. The number of aromatic amines is 1. The monoisotopic (exact) mass is 443 g/mol. The maximum atomic E-state index is 11.9. The van der Waals surface area contributed by atoms with Crippen molar-refractivity contribution in [3.63, 3.8) is 0 Å². The first kappa shape index (κ1) is 20.0. The minimum atomic E-state index is -2.14. The molecule has 2 aromatic carbocycles. The summed E-state index contributed by atoms with van der Waals surface area (Å²) in [6.45, 7) is 3.52. The normalized spacial score (nSPS) is 11.8. The number of rotatable bonds is 5. The summed E-state index contributed by atoms with van der Waals surface area (Å²) in [5, 5.41) is 11.2. The van der Waals surface area contributed by atoms with Gasteiger partial charge in [-0.2, -0.15) is 0 Å². The molecule has 2 heterocycles. The van der Waals surface area contributed by atoms with E-state index in [2.05, 4.69) is 15.0 Å². The minimum absolute atomic E-state index is 0.239. The van der Waals surface area contributed by atoms with E-state index in [4.69, 9.17) is 11.6 Å². The van der Waals surface area contributed by atoms with Crippen molar-refractivity contribution in [3.8, 4) is 28.1 Å². The summed E-state index contributed by atoms with van der Waals surface area (Å²) in [6, 6.07) is 16.7. The molecule has 0 aliphatic rings. The van der Waals surface area contributed by atoms with Crippen LogP contribution in [0.4, 0.5) is 0 Å². The Kier molecular flexibility index (Phi) is 5.43. The number of H-pyrrole nitrogens is 1. The van der Waals surface area contributed by atoms with Crippen LogP contribution in [0.1, 0.15) is 0 Å². The van der Waals surface area contributed by atoms with Gasteiger partial charge in [-0.1, -0.05) is 65.8 Å². The van der Waals surface area contributed by atoms with Crippen LogP contribution in [-0.4, -0.2) is 38.9 Å². The van der Waals surface area contributed by atoms with E-state index in [9.17, 15) is 9.67 Å². The smallest absolute Gasteiger partial charge is 0.179 e. The van der Waals surface area contributed by atoms with Crippen LogP contribution < -0.4 is 0 Å². The highest BCUT2D eigenvalue weighted by atomic mass is 35.5. The van der Waals surface area contributed by atoms with Gasteiger partial charge in [-0.25, -0.2) is 9.97 Å². The largest absolute Gasteiger partial charge is 0.507 e. The molecule has 0 fully saturated rings. The first-order chi connectivity index (χ1) is 13.8. The quantitative estimate of drug-likeness (QED) is 0.278. The van der Waals surface area contributed by atoms with E-state index in [0.717, 1.165) is 22.2 Å². The van der Waals surface area contributed by atoms with Crippen LogP contribution in [0, 0.1) is 0 Å². The molecule has 2 N–H and O–H groups in total. The highest BCUT2D eigenvalue weighted by molar-refractivity contribution is 8.05. The van der Waals surface area contributed by atoms with E-state index in [1.807, 2.05) is 42.5 Å². The van der Waals surface area contributed by atoms with E-state index in [1.165, 1.54) is 11.8 Å². The predicted molar refractivity (Wildman–Crippen MR) is 122 cm³/mol. The number of benzene rings is 2. The van der Waals surface area contributed by atoms with Crippen molar-refractivity contribution in [1.29, 1.82) is 0 Å². The highest BCUT2D eigenvalue weighted by Gasteiger charge is 2.14. The average molecular weight is 444 g/mol. The molecule has 0 saturated carbocycles. The minimum Gasteiger partial charge on any atom is -0.507 e. The van der Waals surface area contributed by atoms with Gasteiger partial charge in [-0.15, -0.1) is 0 Å². The summed E-state index contributed by atoms with van der Waals surface area (Å²) in [5.74, 6) is 0.239. The van der Waals surface area contributed by atoms with Crippen LogP contribution >= 0.6 is 30.5 Å². The Morgan fingerprint density at radius 1 is 1.07 bits per heavy atom. The molecule has 0 atom stereocenters. The molecule has 0 spiro atoms. The van der Waals surface area contributed by atoms with Crippen molar-refractivity contribution in [2.75, 3.05) is 18.8 Å². The molecule has 0 aliphatic heterocycles. The predicted octanol–water partition coefficient (Wildman–Crippen LogP) is 6.32. The zero-order valence-corrected chi connectivity index (χ0v) is 18.4. The van der Waals surface area contributed by atoms with Crippen molar-refractivity contribution < 1.29 is 9.67 Å². The fourth-order valence-corrected chi connectivity index (χ4v) is 5.23. The molecule has 0 amide bonds. The number of para-hydroxylation sites is 1. The molecule has 0 saturated heterocycles. The Morgan fingerprint density at radius 3 is 2.45 bits per heavy atom. The van der Waals surface area contributed by atoms with Crippen molar-refractivity contribution >= 4 is 41.7 Å². The van der Waals surface area contributed by atoms with Gasteiger partial charge in [0.25, 0.3) is 0 Å². The molecule has 0 aliphatic carbocycles. The number of pyridine rings is 1. The lowest BCUT2D eigenvalue weighted by molar-refractivity contribution is 0.477. The number of aromatic nitrogens is 3. The standard InChI is InChI=1S/C21H19ClN3O2PS/c1-28(2,27)12-29-21-23-17-11-16(22)19(24-20(17)25-21)14-9-7-13(8-10-14)15-5-3-4-6-18(15)26/h3-11,26H,12H2,1-2H3,(H,23,24,25). The lowest BCUT2D eigenvalue weighted by atomic mass is 10.0. The Hall–Kier alpha value is -2.27. The van der Waals surface area contributed by atoms with E-state index < -0.39 is 7.14 Å². The molecule has 4 aromatic rings. The first-order valence-electron chi connectivity index (χ1n) is 8.92. The Labute approximate surface area is 177 Å². The molecule has 29 heavy (non-hydrogen) atoms. The third-order valence-corrected chi connectivity index (χ3v) is 8.05. The second kappa shape index (κ2) is 7.86. The SMILES string of the molecule is CP(C)(=O)CSc1nc2nc(-c3ccc(-c4ccccc4O)cc3)c(Cl)cc2[nH]1. The lowest BCUT2D eigenvalue weighted by Gasteiger charge is -2.07. The van der Waals surface area contributed by atoms with Crippen LogP contribution in [0.3, 0.4) is 0 Å². The van der Waals surface area contributed by atoms with E-state index in [1.54, 1.807) is 25.5 Å². The third-order valence-electron chi connectivity index (χ3n) is 4.29. The van der Waals surface area contributed by atoms with E-state index >= 15 is 0 Å². The Morgan fingerprint density at radius 2 is 1.76 bits per heavy atom. The molecule has 0 bridgehead atoms. The van der Waals surface area contributed by atoms with Crippen LogP contribution in [0.5, 0.6) is 5.75 Å². The van der Waals surface area contributed by atoms with Crippen LogP contribution in [0.15, 0.2) is 59.8 Å². The lowest BCUT2D eigenvalue weighted by Crippen LogP contribution is -1.88. The molecule has 0 radical (unpaired) electrons. The van der Waals surface area contributed by atoms with Crippen molar-refractivity contribution in [3.05, 3.63) is 59.6 Å². The topological polar surface area (TPSA) is 78.9 Å². The second-order valence-corrected chi connectivity index (χ2v) is 12.4. The molecular formula is C21H19ClN3O2PS. The van der Waals surface area contributed by atoms with Crippen molar-refractivity contribution in [2.45, 2.75) is 5.16 Å². The molecule has 2 aromatic heterocycles. The number of nitrogens with one attached hydrogen (secondary N) is 1. The zero-order chi connectivity index (χ0) is 20.6. The molecule has 0 unspecified atom stereocenters. The number of nitrogens with zero attached hydrogens (tertiary/aromatic N) is 2. The highest BCUT2D eigenvalue weighted by Crippen LogP contribution is 2.42. The van der Waals surface area contributed by atoms with Crippen LogP contribution in [-0.2, 0) is 4.57 Å². The number of aromatic hydroxyl groups is 1. The number of phenolic OH excluding ortho intramolecular Hbond substituents is 1. The number of thioether (sulfide) groups is 1. The van der Waals surface area contributed by atoms with Crippen LogP contribution in [0.25, 0.3) is 33.5 Å². The summed E-state index contributed by atoms with van der Waals surface area (Å²) in [4.78, 5) is 12.3. The number of halogens is 1. The van der Waals surface area contributed by atoms with Gasteiger partial charge in [0, 0.05) is 11.1 Å². The van der Waals surface area contributed by atoms with Crippen molar-refractivity contribution in [2.24, 2.45) is 0 Å². The summed E-state index contributed by atoms with van der Waals surface area (Å²) < 4.78 is 11.9. The summed E-state index contributed by atoms with van der Waals surface area (Å²) in [6.07, 6.45) is 0. The van der Waals surface area contributed by atoms with Gasteiger partial charge in [-0.05, 0) is 31.0 Å². The number of fused-ring (bicyclic) bond motifs is 1. The fourth-order valence-electron chi connectivity index (χ4n) is 2.91. The Balaban J connectivity index is 1.66. The second-order valence-electron chi connectivity index (χ2n) is 7.17. The van der Waals surface area contributed by atoms with Crippen molar-refractivity contribution in [1.82, 2.24) is 15.0 Å². The molecule has 8 heteroatoms. The molecule has 4 rings (SSSR count). The van der Waals surface area contributed by atoms with Gasteiger partial charge in [0.2, 0.25) is 0 Å². The summed E-state index contributed by atoms with van der Waals surface area (Å²) in [5.41, 5.74) is 5.01. The van der Waals surface area contributed by atoms with Crippen LogP contribution in [0.2, 0.25) is 5.02 Å². The zero-order valence-electron chi connectivity index (χ0n) is 15.9. The van der Waals surface area contributed by atoms with E-state index in [0.29, 0.717) is 27.0 Å². The number of hydrogen-bond acceptors (Lipinski definition) is 5. The maximum Gasteiger partial charge on any atom is 0.179 e. The summed E-state index contributed by atoms with van der Waals surface area (Å²) >= 11 is 7.90. The molecule has 5 nitrogen and oxygen atoms in total. The molecular weight excluding hydrogens is 425 g/mol. The van der Waals surface area contributed by atoms with E-state index in [-0.39, 0.29) is 5.75 Å². The van der Waals surface area contributed by atoms with Gasteiger partial charge >= 0.3 is 0 Å². The first-order valence-corrected chi connectivity index (χ1v) is 13.1. The van der Waals surface area contributed by atoms with Gasteiger partial charge < -0.3 is 14.7 Å². The van der Waals surface area contributed by atoms with Gasteiger partial charge in [0.1, 0.15) is 5.75 Å².